The van der Waals surface area contributed by atoms with Crippen molar-refractivity contribution in [3.8, 4) is 5.75 Å². The minimum Gasteiger partial charge on any atom is -0.508 e. The van der Waals surface area contributed by atoms with Crippen molar-refractivity contribution in [3.05, 3.63) is 65.7 Å². The number of aliphatic hydroxyl groups is 2. The van der Waals surface area contributed by atoms with Crippen LogP contribution in [0.15, 0.2) is 54.6 Å². The highest BCUT2D eigenvalue weighted by molar-refractivity contribution is 5.39. The number of hydrogen-bond acceptors (Lipinski definition) is 3. The zero-order valence-corrected chi connectivity index (χ0v) is 10.8. The van der Waals surface area contributed by atoms with Crippen molar-refractivity contribution in [2.45, 2.75) is 25.0 Å². The Balaban J connectivity index is 2.55. The molecule has 0 aliphatic rings. The van der Waals surface area contributed by atoms with Crippen molar-refractivity contribution >= 4 is 0 Å². The maximum atomic E-state index is 11.0. The summed E-state index contributed by atoms with van der Waals surface area (Å²) in [4.78, 5) is 0. The molecule has 2 aromatic carbocycles. The molecule has 2 atom stereocenters. The Labute approximate surface area is 112 Å². The highest BCUT2D eigenvalue weighted by Crippen LogP contribution is 2.35. The van der Waals surface area contributed by atoms with E-state index in [1.165, 1.54) is 12.1 Å². The van der Waals surface area contributed by atoms with Crippen LogP contribution in [0.25, 0.3) is 0 Å². The second kappa shape index (κ2) is 5.43. The van der Waals surface area contributed by atoms with Crippen LogP contribution in [0.2, 0.25) is 0 Å². The summed E-state index contributed by atoms with van der Waals surface area (Å²) in [6.45, 7) is 1.82. The molecule has 0 saturated carbocycles. The second-order valence-corrected chi connectivity index (χ2v) is 4.60. The predicted octanol–water partition coefficient (Wildman–Crippen LogP) is 2.40. The Hall–Kier alpha value is -1.84. The van der Waals surface area contributed by atoms with Gasteiger partial charge in [-0.25, -0.2) is 0 Å². The van der Waals surface area contributed by atoms with Gasteiger partial charge < -0.3 is 15.3 Å². The summed E-state index contributed by atoms with van der Waals surface area (Å²) < 4.78 is 0. The number of aliphatic hydroxyl groups excluding tert-OH is 1. The molecule has 0 amide bonds. The van der Waals surface area contributed by atoms with Gasteiger partial charge in [0.1, 0.15) is 11.4 Å². The number of phenolic OH excluding ortho intramolecular Hbond substituents is 1. The first-order valence-corrected chi connectivity index (χ1v) is 6.34. The molecule has 19 heavy (non-hydrogen) atoms. The van der Waals surface area contributed by atoms with Crippen LogP contribution < -0.4 is 0 Å². The molecule has 0 fully saturated rings. The van der Waals surface area contributed by atoms with Crippen molar-refractivity contribution < 1.29 is 15.3 Å². The third-order valence-corrected chi connectivity index (χ3v) is 3.39. The van der Waals surface area contributed by atoms with Crippen molar-refractivity contribution in [3.63, 3.8) is 0 Å². The molecule has 2 unspecified atom stereocenters. The summed E-state index contributed by atoms with van der Waals surface area (Å²) in [5.41, 5.74) is -0.273. The van der Waals surface area contributed by atoms with E-state index >= 15 is 0 Å². The van der Waals surface area contributed by atoms with Crippen molar-refractivity contribution in [1.29, 1.82) is 0 Å². The highest BCUT2D eigenvalue weighted by Gasteiger charge is 2.38. The first-order valence-electron chi connectivity index (χ1n) is 6.34. The Morgan fingerprint density at radius 3 is 2.00 bits per heavy atom. The lowest BCUT2D eigenvalue weighted by molar-refractivity contribution is -0.0509. The largest absolute Gasteiger partial charge is 0.508 e. The van der Waals surface area contributed by atoms with Gasteiger partial charge >= 0.3 is 0 Å². The molecule has 0 heterocycles. The van der Waals surface area contributed by atoms with Crippen LogP contribution in [0.4, 0.5) is 0 Å². The Kier molecular flexibility index (Phi) is 3.88. The van der Waals surface area contributed by atoms with E-state index < -0.39 is 11.7 Å². The SMILES string of the molecule is CCC(O)C(O)(c1ccccc1)c1ccc(O)cc1. The van der Waals surface area contributed by atoms with E-state index in [0.29, 0.717) is 17.5 Å². The Morgan fingerprint density at radius 1 is 0.947 bits per heavy atom. The maximum absolute atomic E-state index is 11.0. The molecule has 3 heteroatoms. The predicted molar refractivity (Wildman–Crippen MR) is 73.8 cm³/mol. The van der Waals surface area contributed by atoms with Crippen LogP contribution in [0.5, 0.6) is 5.75 Å². The van der Waals surface area contributed by atoms with E-state index in [4.69, 9.17) is 0 Å². The quantitative estimate of drug-likeness (QED) is 0.789. The van der Waals surface area contributed by atoms with Gasteiger partial charge in [0.2, 0.25) is 0 Å². The van der Waals surface area contributed by atoms with Gasteiger partial charge in [-0.05, 0) is 29.7 Å². The molecule has 3 N–H and O–H groups in total. The standard InChI is InChI=1S/C16H18O3/c1-2-15(18)16(19,12-6-4-3-5-7-12)13-8-10-14(17)11-9-13/h3-11,15,17-19H,2H2,1H3. The minimum atomic E-state index is -1.47. The molecule has 0 saturated heterocycles. The van der Waals surface area contributed by atoms with Gasteiger partial charge in [-0.3, -0.25) is 0 Å². The van der Waals surface area contributed by atoms with E-state index in [9.17, 15) is 15.3 Å². The average Bonchev–Trinajstić information content (AvgIpc) is 2.47. The zero-order valence-electron chi connectivity index (χ0n) is 10.8. The fourth-order valence-corrected chi connectivity index (χ4v) is 2.25. The third-order valence-electron chi connectivity index (χ3n) is 3.39. The van der Waals surface area contributed by atoms with Crippen LogP contribution >= 0.6 is 0 Å². The zero-order chi connectivity index (χ0) is 13.9. The number of phenols is 1. The molecule has 100 valence electrons. The average molecular weight is 258 g/mol. The molecular weight excluding hydrogens is 240 g/mol. The van der Waals surface area contributed by atoms with E-state index in [1.54, 1.807) is 24.3 Å². The Bertz CT molecular complexity index is 521. The lowest BCUT2D eigenvalue weighted by Crippen LogP contribution is -2.40. The first kappa shape index (κ1) is 13.6. The third kappa shape index (κ3) is 2.48. The molecule has 3 nitrogen and oxygen atoms in total. The molecule has 2 rings (SSSR count). The summed E-state index contributed by atoms with van der Waals surface area (Å²) in [5, 5.41) is 30.6. The second-order valence-electron chi connectivity index (χ2n) is 4.60. The van der Waals surface area contributed by atoms with Crippen molar-refractivity contribution in [2.24, 2.45) is 0 Å². The first-order chi connectivity index (χ1) is 9.09. The number of aromatic hydroxyl groups is 1. The van der Waals surface area contributed by atoms with E-state index in [1.807, 2.05) is 25.1 Å². The molecule has 0 aliphatic carbocycles. The van der Waals surface area contributed by atoms with Gasteiger partial charge in [0.25, 0.3) is 0 Å². The molecule has 0 spiro atoms. The number of benzene rings is 2. The van der Waals surface area contributed by atoms with Crippen LogP contribution in [-0.4, -0.2) is 21.4 Å². The monoisotopic (exact) mass is 258 g/mol. The van der Waals surface area contributed by atoms with Gasteiger partial charge in [-0.15, -0.1) is 0 Å². The molecule has 0 radical (unpaired) electrons. The Morgan fingerprint density at radius 2 is 1.47 bits per heavy atom. The van der Waals surface area contributed by atoms with E-state index in [-0.39, 0.29) is 5.75 Å². The molecule has 2 aromatic rings. The summed E-state index contributed by atoms with van der Waals surface area (Å²) in [6, 6.07) is 15.3. The van der Waals surface area contributed by atoms with Crippen molar-refractivity contribution in [1.82, 2.24) is 0 Å². The van der Waals surface area contributed by atoms with Gasteiger partial charge in [0, 0.05) is 0 Å². The molecular formula is C16H18O3. The summed E-state index contributed by atoms with van der Waals surface area (Å²) in [6.07, 6.45) is -0.494. The molecule has 0 aliphatic heterocycles. The van der Waals surface area contributed by atoms with Crippen LogP contribution in [-0.2, 0) is 5.60 Å². The topological polar surface area (TPSA) is 60.7 Å². The molecule has 0 bridgehead atoms. The number of hydrogen-bond donors (Lipinski definition) is 3. The van der Waals surface area contributed by atoms with Gasteiger partial charge in [-0.1, -0.05) is 49.4 Å². The fourth-order valence-electron chi connectivity index (χ4n) is 2.25. The van der Waals surface area contributed by atoms with Gasteiger partial charge in [-0.2, -0.15) is 0 Å². The van der Waals surface area contributed by atoms with Gasteiger partial charge in [0.05, 0.1) is 6.10 Å². The summed E-state index contributed by atoms with van der Waals surface area (Å²) >= 11 is 0. The smallest absolute Gasteiger partial charge is 0.140 e. The van der Waals surface area contributed by atoms with E-state index in [2.05, 4.69) is 0 Å². The summed E-state index contributed by atoms with van der Waals surface area (Å²) in [7, 11) is 0. The molecule has 0 aromatic heterocycles. The maximum Gasteiger partial charge on any atom is 0.140 e. The fraction of sp³-hybridized carbons (Fsp3) is 0.250. The normalized spacial score (nSPS) is 15.7. The van der Waals surface area contributed by atoms with Crippen LogP contribution in [0, 0.1) is 0 Å². The van der Waals surface area contributed by atoms with Crippen LogP contribution in [0.1, 0.15) is 24.5 Å². The summed E-state index contributed by atoms with van der Waals surface area (Å²) in [5.74, 6) is 0.130. The van der Waals surface area contributed by atoms with E-state index in [0.717, 1.165) is 0 Å². The lowest BCUT2D eigenvalue weighted by Gasteiger charge is -2.33. The van der Waals surface area contributed by atoms with Crippen molar-refractivity contribution in [2.75, 3.05) is 0 Å². The minimum absolute atomic E-state index is 0.130. The number of rotatable bonds is 4. The lowest BCUT2D eigenvalue weighted by atomic mass is 9.80. The van der Waals surface area contributed by atoms with Crippen LogP contribution in [0.3, 0.4) is 0 Å². The highest BCUT2D eigenvalue weighted by atomic mass is 16.3. The van der Waals surface area contributed by atoms with Gasteiger partial charge in [0.15, 0.2) is 0 Å².